The molecule has 0 aliphatic rings. The third-order valence-electron chi connectivity index (χ3n) is 2.99. The van der Waals surface area contributed by atoms with Gasteiger partial charge >= 0.3 is 0 Å². The number of rotatable bonds is 6. The molecule has 0 spiro atoms. The fourth-order valence-corrected chi connectivity index (χ4v) is 1.48. The van der Waals surface area contributed by atoms with Gasteiger partial charge in [-0.05, 0) is 32.2 Å². The molecule has 1 aromatic carbocycles. The number of likely N-dealkylation sites (N-methyl/N-ethyl adjacent to an activating group) is 1. The number of nitrogens with one attached hydrogen (secondary N) is 1. The summed E-state index contributed by atoms with van der Waals surface area (Å²) in [5.74, 6) is -0.683. The van der Waals surface area contributed by atoms with Crippen molar-refractivity contribution in [3.63, 3.8) is 0 Å². The Bertz CT molecular complexity index is 440. The molecule has 0 saturated heterocycles. The molecule has 0 saturated carbocycles. The molecular weight excluding hydrogens is 249 g/mol. The molecule has 19 heavy (non-hydrogen) atoms. The molecule has 0 bridgehead atoms. The molecule has 1 aromatic rings. The number of aliphatic hydroxyl groups is 1. The Morgan fingerprint density at radius 2 is 2.26 bits per heavy atom. The van der Waals surface area contributed by atoms with E-state index in [1.54, 1.807) is 0 Å². The number of anilines is 2. The number of nitrogens with zero attached hydrogens (tertiary/aromatic N) is 1. The summed E-state index contributed by atoms with van der Waals surface area (Å²) in [7, 11) is 1.84. The number of amides is 1. The van der Waals surface area contributed by atoms with Crippen molar-refractivity contribution in [2.75, 3.05) is 31.2 Å². The van der Waals surface area contributed by atoms with E-state index in [2.05, 4.69) is 5.32 Å². The maximum Gasteiger partial charge on any atom is 0.225 e. The first-order valence-corrected chi connectivity index (χ1v) is 6.10. The Labute approximate surface area is 112 Å². The summed E-state index contributed by atoms with van der Waals surface area (Å²) in [5, 5.41) is 11.6. The van der Waals surface area contributed by atoms with Gasteiger partial charge in [-0.2, -0.15) is 0 Å². The lowest BCUT2D eigenvalue weighted by molar-refractivity contribution is -0.116. The van der Waals surface area contributed by atoms with Crippen LogP contribution in [0.5, 0.6) is 0 Å². The van der Waals surface area contributed by atoms with Crippen molar-refractivity contribution in [2.24, 2.45) is 0 Å². The number of hydrogen-bond acceptors (Lipinski definition) is 4. The zero-order valence-corrected chi connectivity index (χ0v) is 11.2. The number of aliphatic hydroxyl groups excluding tert-OH is 1. The normalized spacial score (nSPS) is 12.5. The van der Waals surface area contributed by atoms with Crippen LogP contribution in [-0.4, -0.2) is 42.2 Å². The van der Waals surface area contributed by atoms with E-state index in [1.807, 2.05) is 18.9 Å². The molecule has 0 heterocycles. The Morgan fingerprint density at radius 3 is 2.84 bits per heavy atom. The van der Waals surface area contributed by atoms with Crippen LogP contribution < -0.4 is 11.1 Å². The zero-order valence-electron chi connectivity index (χ0n) is 11.2. The minimum atomic E-state index is -0.505. The first-order chi connectivity index (χ1) is 8.93. The largest absolute Gasteiger partial charge is 0.396 e. The summed E-state index contributed by atoms with van der Waals surface area (Å²) in [6, 6.07) is 4.07. The molecule has 1 rings (SSSR count). The van der Waals surface area contributed by atoms with Gasteiger partial charge in [-0.15, -0.1) is 0 Å². The average Bonchev–Trinajstić information content (AvgIpc) is 2.39. The van der Waals surface area contributed by atoms with E-state index >= 15 is 0 Å². The van der Waals surface area contributed by atoms with Crippen molar-refractivity contribution in [1.29, 1.82) is 0 Å². The number of nitrogens with two attached hydrogens (primary N) is 1. The predicted molar refractivity (Wildman–Crippen MR) is 73.2 cm³/mol. The van der Waals surface area contributed by atoms with Crippen LogP contribution in [0.4, 0.5) is 15.8 Å². The van der Waals surface area contributed by atoms with Crippen molar-refractivity contribution in [2.45, 2.75) is 19.4 Å². The minimum Gasteiger partial charge on any atom is -0.396 e. The van der Waals surface area contributed by atoms with Gasteiger partial charge in [-0.1, -0.05) is 0 Å². The van der Waals surface area contributed by atoms with Crippen LogP contribution in [0.25, 0.3) is 0 Å². The topological polar surface area (TPSA) is 78.6 Å². The van der Waals surface area contributed by atoms with Gasteiger partial charge in [-0.25, -0.2) is 4.39 Å². The van der Waals surface area contributed by atoms with Crippen LogP contribution in [0.15, 0.2) is 18.2 Å². The van der Waals surface area contributed by atoms with Crippen LogP contribution in [0.1, 0.15) is 13.3 Å². The number of halogens is 1. The molecule has 0 aliphatic heterocycles. The lowest BCUT2D eigenvalue weighted by Crippen LogP contribution is -2.34. The second-order valence-corrected chi connectivity index (χ2v) is 4.55. The van der Waals surface area contributed by atoms with Crippen molar-refractivity contribution in [3.05, 3.63) is 24.0 Å². The van der Waals surface area contributed by atoms with Crippen molar-refractivity contribution < 1.29 is 14.3 Å². The third kappa shape index (κ3) is 4.84. The molecule has 5 nitrogen and oxygen atoms in total. The van der Waals surface area contributed by atoms with Crippen LogP contribution in [0, 0.1) is 5.82 Å². The van der Waals surface area contributed by atoms with Crippen LogP contribution in [0.2, 0.25) is 0 Å². The van der Waals surface area contributed by atoms with E-state index in [-0.39, 0.29) is 30.7 Å². The summed E-state index contributed by atoms with van der Waals surface area (Å²) in [5.41, 5.74) is 5.89. The zero-order chi connectivity index (χ0) is 14.4. The molecule has 4 N–H and O–H groups in total. The molecule has 1 atom stereocenters. The maximum absolute atomic E-state index is 12.9. The fourth-order valence-electron chi connectivity index (χ4n) is 1.48. The minimum absolute atomic E-state index is 0.00354. The highest BCUT2D eigenvalue weighted by Crippen LogP contribution is 2.16. The second-order valence-electron chi connectivity index (χ2n) is 4.55. The highest BCUT2D eigenvalue weighted by atomic mass is 19.1. The molecule has 1 amide bonds. The summed E-state index contributed by atoms with van der Waals surface area (Å²) >= 11 is 0. The van der Waals surface area contributed by atoms with Crippen molar-refractivity contribution >= 4 is 17.3 Å². The predicted octanol–water partition coefficient (Wildman–Crippen LogP) is 1.05. The standard InChI is InChI=1S/C13H20FN3O2/c1-9(8-18)17(2)6-5-13(19)16-10-3-4-11(14)12(15)7-10/h3-4,7,9,18H,5-6,8,15H2,1-2H3,(H,16,19). The van der Waals surface area contributed by atoms with Gasteiger partial charge in [0.15, 0.2) is 0 Å². The number of carbonyl (C=O) groups is 1. The number of nitrogen functional groups attached to an aromatic ring is 1. The van der Waals surface area contributed by atoms with Gasteiger partial charge < -0.3 is 21.1 Å². The number of hydrogen-bond donors (Lipinski definition) is 3. The van der Waals surface area contributed by atoms with Gasteiger partial charge in [-0.3, -0.25) is 4.79 Å². The van der Waals surface area contributed by atoms with Crippen molar-refractivity contribution in [3.8, 4) is 0 Å². The van der Waals surface area contributed by atoms with E-state index < -0.39 is 5.82 Å². The Balaban J connectivity index is 2.45. The fraction of sp³-hybridized carbons (Fsp3) is 0.462. The lowest BCUT2D eigenvalue weighted by atomic mass is 10.2. The molecule has 6 heteroatoms. The van der Waals surface area contributed by atoms with Crippen LogP contribution in [0.3, 0.4) is 0 Å². The van der Waals surface area contributed by atoms with Gasteiger partial charge in [0.2, 0.25) is 5.91 Å². The maximum atomic E-state index is 12.9. The van der Waals surface area contributed by atoms with Gasteiger partial charge in [0.05, 0.1) is 12.3 Å². The van der Waals surface area contributed by atoms with Gasteiger partial charge in [0, 0.05) is 24.7 Å². The Kier molecular flexibility index (Phi) is 5.72. The van der Waals surface area contributed by atoms with E-state index in [0.717, 1.165) is 0 Å². The first-order valence-electron chi connectivity index (χ1n) is 6.10. The molecule has 106 valence electrons. The van der Waals surface area contributed by atoms with E-state index in [9.17, 15) is 9.18 Å². The Hall–Kier alpha value is -1.66. The van der Waals surface area contributed by atoms with E-state index in [4.69, 9.17) is 10.8 Å². The number of carbonyl (C=O) groups excluding carboxylic acids is 1. The van der Waals surface area contributed by atoms with E-state index in [0.29, 0.717) is 12.2 Å². The lowest BCUT2D eigenvalue weighted by Gasteiger charge is -2.22. The van der Waals surface area contributed by atoms with Gasteiger partial charge in [0.1, 0.15) is 5.82 Å². The molecular formula is C13H20FN3O2. The van der Waals surface area contributed by atoms with Crippen LogP contribution in [-0.2, 0) is 4.79 Å². The summed E-state index contributed by atoms with van der Waals surface area (Å²) in [6.07, 6.45) is 0.290. The van der Waals surface area contributed by atoms with Crippen LogP contribution >= 0.6 is 0 Å². The van der Waals surface area contributed by atoms with Crippen molar-refractivity contribution in [1.82, 2.24) is 4.90 Å². The summed E-state index contributed by atoms with van der Waals surface area (Å²) in [4.78, 5) is 13.6. The Morgan fingerprint density at radius 1 is 1.58 bits per heavy atom. The number of benzene rings is 1. The summed E-state index contributed by atoms with van der Waals surface area (Å²) < 4.78 is 12.9. The average molecular weight is 269 g/mol. The smallest absolute Gasteiger partial charge is 0.225 e. The molecule has 0 radical (unpaired) electrons. The summed E-state index contributed by atoms with van der Waals surface area (Å²) in [6.45, 7) is 2.45. The quantitative estimate of drug-likeness (QED) is 0.674. The third-order valence-corrected chi connectivity index (χ3v) is 2.99. The second kappa shape index (κ2) is 7.06. The highest BCUT2D eigenvalue weighted by Gasteiger charge is 2.10. The monoisotopic (exact) mass is 269 g/mol. The molecule has 0 fully saturated rings. The molecule has 1 unspecified atom stereocenters. The SMILES string of the molecule is CC(CO)N(C)CCC(=O)Nc1ccc(F)c(N)c1. The molecule has 0 aliphatic carbocycles. The van der Waals surface area contributed by atoms with E-state index in [1.165, 1.54) is 18.2 Å². The highest BCUT2D eigenvalue weighted by molar-refractivity contribution is 5.91. The molecule has 0 aromatic heterocycles. The first kappa shape index (κ1) is 15.4. The van der Waals surface area contributed by atoms with Gasteiger partial charge in [0.25, 0.3) is 0 Å².